The molecular formula is C11H14O. The summed E-state index contributed by atoms with van der Waals surface area (Å²) in [5.41, 5.74) is 3.55. The second-order valence-corrected chi connectivity index (χ2v) is 1.99. The summed E-state index contributed by atoms with van der Waals surface area (Å²) < 4.78 is 0. The molecule has 0 bridgehead atoms. The quantitative estimate of drug-likeness (QED) is 0.615. The fourth-order valence-electron chi connectivity index (χ4n) is 0.645. The van der Waals surface area contributed by atoms with Crippen LogP contribution in [0.3, 0.4) is 0 Å². The van der Waals surface area contributed by atoms with Gasteiger partial charge in [0, 0.05) is 0 Å². The lowest BCUT2D eigenvalue weighted by atomic mass is 10.2. The molecule has 1 nitrogen and oxygen atoms in total. The van der Waals surface area contributed by atoms with E-state index in [-0.39, 0.29) is 5.48 Å². The van der Waals surface area contributed by atoms with Gasteiger partial charge in [-0.1, -0.05) is 43.5 Å². The molecule has 0 unspecified atom stereocenters. The Bertz CT molecular complexity index is 208. The summed E-state index contributed by atoms with van der Waals surface area (Å²) in [7, 11) is 0. The van der Waals surface area contributed by atoms with Gasteiger partial charge >= 0.3 is 0 Å². The molecule has 0 amide bonds. The van der Waals surface area contributed by atoms with Gasteiger partial charge in [-0.2, -0.15) is 0 Å². The van der Waals surface area contributed by atoms with Gasteiger partial charge in [0.1, 0.15) is 0 Å². The summed E-state index contributed by atoms with van der Waals surface area (Å²) in [5.74, 6) is 0. The van der Waals surface area contributed by atoms with Crippen molar-refractivity contribution in [1.82, 2.24) is 0 Å². The number of hydrogen-bond acceptors (Lipinski definition) is 0. The van der Waals surface area contributed by atoms with Crippen molar-refractivity contribution in [3.63, 3.8) is 0 Å². The third-order valence-electron chi connectivity index (χ3n) is 1.13. The van der Waals surface area contributed by atoms with Crippen molar-refractivity contribution in [2.75, 3.05) is 0 Å². The van der Waals surface area contributed by atoms with Crippen LogP contribution in [0.25, 0.3) is 0 Å². The molecule has 0 aromatic heterocycles. The fraction of sp³-hybridized carbons (Fsp3) is 0.0909. The molecule has 0 aliphatic carbocycles. The van der Waals surface area contributed by atoms with E-state index in [0.717, 1.165) is 6.42 Å². The van der Waals surface area contributed by atoms with E-state index in [0.29, 0.717) is 0 Å². The molecule has 1 heteroatoms. The highest BCUT2D eigenvalue weighted by Gasteiger charge is 1.80. The van der Waals surface area contributed by atoms with E-state index in [1.54, 1.807) is 0 Å². The summed E-state index contributed by atoms with van der Waals surface area (Å²) in [6.45, 7) is 10.0. The van der Waals surface area contributed by atoms with E-state index in [1.807, 2.05) is 18.2 Å². The molecule has 0 atom stereocenters. The molecule has 0 saturated carbocycles. The molecule has 12 heavy (non-hydrogen) atoms. The van der Waals surface area contributed by atoms with Crippen LogP contribution in [0.2, 0.25) is 0 Å². The largest absolute Gasteiger partial charge is 0.255 e. The van der Waals surface area contributed by atoms with Crippen LogP contribution in [0.1, 0.15) is 5.56 Å². The Morgan fingerprint density at radius 3 is 1.75 bits per heavy atom. The van der Waals surface area contributed by atoms with Crippen LogP contribution in [-0.2, 0) is 6.42 Å². The maximum Gasteiger partial charge on any atom is -0.0279 e. The highest BCUT2D eigenvalue weighted by molar-refractivity contribution is 5.14. The van der Waals surface area contributed by atoms with Gasteiger partial charge in [0.15, 0.2) is 0 Å². The lowest BCUT2D eigenvalue weighted by Gasteiger charge is -1.89. The predicted molar refractivity (Wildman–Crippen MR) is 52.2 cm³/mol. The zero-order chi connectivity index (χ0) is 8.53. The molecule has 1 aromatic carbocycles. The molecule has 0 aliphatic heterocycles. The Labute approximate surface area is 74.4 Å². The highest BCUT2D eigenvalue weighted by atomic mass is 16.0. The Morgan fingerprint density at radius 2 is 1.50 bits per heavy atom. The normalized spacial score (nSPS) is 6.75. The second-order valence-electron chi connectivity index (χ2n) is 1.99. The van der Waals surface area contributed by atoms with Crippen molar-refractivity contribution in [3.05, 3.63) is 61.7 Å². The summed E-state index contributed by atoms with van der Waals surface area (Å²) in [6, 6.07) is 10.2. The Morgan fingerprint density at radius 1 is 1.08 bits per heavy atom. The molecule has 1 rings (SSSR count). The zero-order valence-corrected chi connectivity index (χ0v) is 7.16. The maximum atomic E-state index is 3.76. The molecule has 0 aliphatic rings. The van der Waals surface area contributed by atoms with Crippen molar-refractivity contribution < 1.29 is 5.48 Å². The van der Waals surface area contributed by atoms with Crippen molar-refractivity contribution in [3.8, 4) is 0 Å². The van der Waals surface area contributed by atoms with Crippen LogP contribution in [0, 0.1) is 6.92 Å². The lowest BCUT2D eigenvalue weighted by molar-refractivity contribution is 0.824. The van der Waals surface area contributed by atoms with E-state index >= 15 is 0 Å². The highest BCUT2D eigenvalue weighted by Crippen LogP contribution is 1.96. The van der Waals surface area contributed by atoms with Crippen LogP contribution < -0.4 is 0 Å². The van der Waals surface area contributed by atoms with Crippen LogP contribution >= 0.6 is 0 Å². The predicted octanol–water partition coefficient (Wildman–Crippen LogP) is 2.84. The Kier molecular flexibility index (Phi) is 10.8. The van der Waals surface area contributed by atoms with Crippen LogP contribution in [0.5, 0.6) is 0 Å². The average Bonchev–Trinajstić information content (AvgIpc) is 2.08. The molecule has 0 spiro atoms. The van der Waals surface area contributed by atoms with Crippen LogP contribution in [0.4, 0.5) is 0 Å². The van der Waals surface area contributed by atoms with Gasteiger partial charge in [-0.05, 0) is 18.9 Å². The van der Waals surface area contributed by atoms with Crippen molar-refractivity contribution in [2.24, 2.45) is 0 Å². The number of rotatable bonds is 1. The minimum Gasteiger partial charge on any atom is -0.255 e. The molecule has 2 radical (unpaired) electrons. The summed E-state index contributed by atoms with van der Waals surface area (Å²) in [5, 5.41) is 0. The zero-order valence-electron chi connectivity index (χ0n) is 7.16. The second kappa shape index (κ2) is 9.70. The van der Waals surface area contributed by atoms with Gasteiger partial charge in [0.05, 0.1) is 0 Å². The minimum absolute atomic E-state index is 0. The fourth-order valence-corrected chi connectivity index (χ4v) is 0.645. The third kappa shape index (κ3) is 6.81. The van der Waals surface area contributed by atoms with Gasteiger partial charge in [0.2, 0.25) is 0 Å². The summed E-state index contributed by atoms with van der Waals surface area (Å²) in [6.07, 6.45) is 0.890. The van der Waals surface area contributed by atoms with E-state index in [9.17, 15) is 0 Å². The first kappa shape index (κ1) is 13.3. The van der Waals surface area contributed by atoms with Gasteiger partial charge in [0.25, 0.3) is 0 Å². The molecule has 1 N–H and O–H groups in total. The van der Waals surface area contributed by atoms with Gasteiger partial charge in [-0.15, -0.1) is 5.73 Å². The monoisotopic (exact) mass is 162 g/mol. The van der Waals surface area contributed by atoms with E-state index in [1.165, 1.54) is 5.56 Å². The number of hydrogen-bond donors (Lipinski definition) is 1. The number of benzene rings is 1. The minimum atomic E-state index is 0. The first-order valence-corrected chi connectivity index (χ1v) is 3.47. The first-order valence-electron chi connectivity index (χ1n) is 3.47. The third-order valence-corrected chi connectivity index (χ3v) is 1.13. The summed E-state index contributed by atoms with van der Waals surface area (Å²) in [4.78, 5) is 0. The standard InChI is InChI=1S/C8H9.C3H4.HO/c1-2-8-6-4-3-5-7-8;1-3-2;/h3-7H,1-2H2;1-2H2;1H. The molecule has 64 valence electrons. The SMILES string of the molecule is C=C=C.[CH2]Cc1ccccc1.[OH]. The lowest BCUT2D eigenvalue weighted by Crippen LogP contribution is -1.74. The molecule has 0 heterocycles. The maximum absolute atomic E-state index is 3.76. The topological polar surface area (TPSA) is 30.0 Å². The van der Waals surface area contributed by atoms with E-state index < -0.39 is 0 Å². The Hall–Kier alpha value is -1.30. The molecular weight excluding hydrogens is 148 g/mol. The average molecular weight is 162 g/mol. The van der Waals surface area contributed by atoms with Crippen molar-refractivity contribution in [2.45, 2.75) is 6.42 Å². The van der Waals surface area contributed by atoms with Crippen LogP contribution in [-0.4, -0.2) is 5.48 Å². The molecule has 0 saturated heterocycles. The van der Waals surface area contributed by atoms with Gasteiger partial charge < -0.3 is 0 Å². The van der Waals surface area contributed by atoms with Crippen molar-refractivity contribution >= 4 is 0 Å². The van der Waals surface area contributed by atoms with E-state index in [2.05, 4.69) is 37.9 Å². The first-order chi connectivity index (χ1) is 5.35. The molecule has 1 aromatic rings. The van der Waals surface area contributed by atoms with Gasteiger partial charge in [-0.25, -0.2) is 0 Å². The van der Waals surface area contributed by atoms with Crippen molar-refractivity contribution in [1.29, 1.82) is 0 Å². The van der Waals surface area contributed by atoms with Crippen LogP contribution in [0.15, 0.2) is 49.2 Å². The molecule has 0 fully saturated rings. The summed E-state index contributed by atoms with van der Waals surface area (Å²) >= 11 is 0. The van der Waals surface area contributed by atoms with E-state index in [4.69, 9.17) is 0 Å². The Balaban J connectivity index is 0. The smallest absolute Gasteiger partial charge is 0.0279 e. The van der Waals surface area contributed by atoms with Gasteiger partial charge in [-0.3, -0.25) is 5.48 Å².